The van der Waals surface area contributed by atoms with E-state index in [4.69, 9.17) is 16.3 Å². The van der Waals surface area contributed by atoms with E-state index in [2.05, 4.69) is 40.3 Å². The van der Waals surface area contributed by atoms with Gasteiger partial charge in [-0.1, -0.05) is 39.7 Å². The molecule has 0 atom stereocenters. The van der Waals surface area contributed by atoms with Crippen molar-refractivity contribution in [2.24, 2.45) is 0 Å². The Hall–Kier alpha value is -1.19. The minimum atomic E-state index is 0.632. The van der Waals surface area contributed by atoms with Crippen molar-refractivity contribution in [3.8, 4) is 5.75 Å². The number of anilines is 1. The molecule has 0 aliphatic rings. The lowest BCUT2D eigenvalue weighted by atomic mass is 10.1. The SMILES string of the molecule is COc1ccc(CNc2cc(Br)ccc2C)cc1Cl. The summed E-state index contributed by atoms with van der Waals surface area (Å²) in [5.74, 6) is 0.698. The molecule has 0 aromatic heterocycles. The first-order valence-corrected chi connectivity index (χ1v) is 7.09. The molecule has 100 valence electrons. The van der Waals surface area contributed by atoms with E-state index in [1.54, 1.807) is 7.11 Å². The number of methoxy groups -OCH3 is 1. The lowest BCUT2D eigenvalue weighted by Crippen LogP contribution is -2.01. The Bertz CT molecular complexity index is 586. The first-order valence-electron chi connectivity index (χ1n) is 5.92. The lowest BCUT2D eigenvalue weighted by Gasteiger charge is -2.11. The Morgan fingerprint density at radius 3 is 2.68 bits per heavy atom. The zero-order valence-corrected chi connectivity index (χ0v) is 13.2. The van der Waals surface area contributed by atoms with Crippen LogP contribution in [0.3, 0.4) is 0 Å². The van der Waals surface area contributed by atoms with Gasteiger partial charge in [-0.25, -0.2) is 0 Å². The molecule has 2 aromatic rings. The van der Waals surface area contributed by atoms with Gasteiger partial charge in [0, 0.05) is 16.7 Å². The molecule has 2 rings (SSSR count). The van der Waals surface area contributed by atoms with Gasteiger partial charge < -0.3 is 10.1 Å². The predicted octanol–water partition coefficient (Wildman–Crippen LogP) is 5.03. The first kappa shape index (κ1) is 14.2. The molecule has 0 radical (unpaired) electrons. The van der Waals surface area contributed by atoms with Crippen LogP contribution in [0.5, 0.6) is 5.75 Å². The highest BCUT2D eigenvalue weighted by atomic mass is 79.9. The second-order valence-corrected chi connectivity index (χ2v) is 5.60. The third-order valence-electron chi connectivity index (χ3n) is 2.90. The number of hydrogen-bond acceptors (Lipinski definition) is 2. The predicted molar refractivity (Wildman–Crippen MR) is 84.2 cm³/mol. The van der Waals surface area contributed by atoms with Crippen LogP contribution in [0.2, 0.25) is 5.02 Å². The summed E-state index contributed by atoms with van der Waals surface area (Å²) in [5, 5.41) is 4.04. The fraction of sp³-hybridized carbons (Fsp3) is 0.200. The van der Waals surface area contributed by atoms with Crippen LogP contribution in [0.15, 0.2) is 40.9 Å². The molecule has 1 N–H and O–H groups in total. The molecule has 0 amide bonds. The monoisotopic (exact) mass is 339 g/mol. The van der Waals surface area contributed by atoms with Crippen LogP contribution in [0.1, 0.15) is 11.1 Å². The number of benzene rings is 2. The zero-order chi connectivity index (χ0) is 13.8. The Labute approximate surface area is 126 Å². The standard InChI is InChI=1S/C15H15BrClNO/c1-10-3-5-12(16)8-14(10)18-9-11-4-6-15(19-2)13(17)7-11/h3-8,18H,9H2,1-2H3. The van der Waals surface area contributed by atoms with Crippen LogP contribution in [0, 0.1) is 6.92 Å². The number of rotatable bonds is 4. The van der Waals surface area contributed by atoms with Crippen molar-refractivity contribution >= 4 is 33.2 Å². The molecule has 0 fully saturated rings. The number of aryl methyl sites for hydroxylation is 1. The van der Waals surface area contributed by atoms with Gasteiger partial charge in [0.25, 0.3) is 0 Å². The van der Waals surface area contributed by atoms with Gasteiger partial charge in [-0.15, -0.1) is 0 Å². The third-order valence-corrected chi connectivity index (χ3v) is 3.69. The maximum absolute atomic E-state index is 6.11. The van der Waals surface area contributed by atoms with Crippen molar-refractivity contribution in [3.05, 3.63) is 57.0 Å². The summed E-state index contributed by atoms with van der Waals surface area (Å²) in [4.78, 5) is 0. The Kier molecular flexibility index (Phi) is 4.72. The summed E-state index contributed by atoms with van der Waals surface area (Å²) in [5.41, 5.74) is 3.44. The van der Waals surface area contributed by atoms with Gasteiger partial charge >= 0.3 is 0 Å². The normalized spacial score (nSPS) is 10.3. The van der Waals surface area contributed by atoms with E-state index in [-0.39, 0.29) is 0 Å². The molecule has 0 saturated carbocycles. The van der Waals surface area contributed by atoms with Crippen LogP contribution < -0.4 is 10.1 Å². The highest BCUT2D eigenvalue weighted by molar-refractivity contribution is 9.10. The molecule has 0 aliphatic heterocycles. The summed E-state index contributed by atoms with van der Waals surface area (Å²) in [7, 11) is 1.62. The minimum Gasteiger partial charge on any atom is -0.495 e. The minimum absolute atomic E-state index is 0.632. The van der Waals surface area contributed by atoms with E-state index in [1.807, 2.05) is 24.3 Å². The molecule has 0 bridgehead atoms. The summed E-state index contributed by atoms with van der Waals surface area (Å²) in [6.45, 7) is 2.80. The fourth-order valence-electron chi connectivity index (χ4n) is 1.80. The van der Waals surface area contributed by atoms with Gasteiger partial charge in [0.15, 0.2) is 0 Å². The van der Waals surface area contributed by atoms with Crippen LogP contribution >= 0.6 is 27.5 Å². The van der Waals surface area contributed by atoms with Gasteiger partial charge in [0.2, 0.25) is 0 Å². The highest BCUT2D eigenvalue weighted by Crippen LogP contribution is 2.26. The Morgan fingerprint density at radius 1 is 1.21 bits per heavy atom. The van der Waals surface area contributed by atoms with Gasteiger partial charge in [0.05, 0.1) is 12.1 Å². The van der Waals surface area contributed by atoms with E-state index < -0.39 is 0 Å². The molecule has 0 heterocycles. The molecule has 0 spiro atoms. The summed E-state index contributed by atoms with van der Waals surface area (Å²) in [6, 6.07) is 12.0. The summed E-state index contributed by atoms with van der Waals surface area (Å²) >= 11 is 9.58. The van der Waals surface area contributed by atoms with E-state index >= 15 is 0 Å². The highest BCUT2D eigenvalue weighted by Gasteiger charge is 2.03. The van der Waals surface area contributed by atoms with E-state index in [1.165, 1.54) is 5.56 Å². The summed E-state index contributed by atoms with van der Waals surface area (Å²) in [6.07, 6.45) is 0. The van der Waals surface area contributed by atoms with Crippen LogP contribution in [0.25, 0.3) is 0 Å². The lowest BCUT2D eigenvalue weighted by molar-refractivity contribution is 0.415. The number of halogens is 2. The van der Waals surface area contributed by atoms with Gasteiger partial charge in [-0.2, -0.15) is 0 Å². The molecule has 2 aromatic carbocycles. The van der Waals surface area contributed by atoms with Crippen LogP contribution in [-0.4, -0.2) is 7.11 Å². The van der Waals surface area contributed by atoms with Crippen molar-refractivity contribution in [3.63, 3.8) is 0 Å². The topological polar surface area (TPSA) is 21.3 Å². The van der Waals surface area contributed by atoms with Crippen LogP contribution in [0.4, 0.5) is 5.69 Å². The fourth-order valence-corrected chi connectivity index (χ4v) is 2.44. The first-order chi connectivity index (χ1) is 9.10. The average molecular weight is 341 g/mol. The molecule has 0 unspecified atom stereocenters. The number of ether oxygens (including phenoxy) is 1. The maximum atomic E-state index is 6.11. The summed E-state index contributed by atoms with van der Waals surface area (Å²) < 4.78 is 6.20. The molecule has 0 aliphatic carbocycles. The Morgan fingerprint density at radius 2 is 2.00 bits per heavy atom. The van der Waals surface area contributed by atoms with Gasteiger partial charge in [0.1, 0.15) is 5.75 Å². The van der Waals surface area contributed by atoms with Crippen molar-refractivity contribution in [2.75, 3.05) is 12.4 Å². The van der Waals surface area contributed by atoms with Crippen molar-refractivity contribution in [1.29, 1.82) is 0 Å². The quantitative estimate of drug-likeness (QED) is 0.842. The van der Waals surface area contributed by atoms with E-state index in [9.17, 15) is 0 Å². The molecular weight excluding hydrogens is 326 g/mol. The third kappa shape index (κ3) is 3.64. The zero-order valence-electron chi connectivity index (χ0n) is 10.8. The molecule has 2 nitrogen and oxygen atoms in total. The van der Waals surface area contributed by atoms with Crippen LogP contribution in [-0.2, 0) is 6.54 Å². The maximum Gasteiger partial charge on any atom is 0.137 e. The van der Waals surface area contributed by atoms with Crippen molar-refractivity contribution in [2.45, 2.75) is 13.5 Å². The van der Waals surface area contributed by atoms with E-state index in [0.29, 0.717) is 10.8 Å². The smallest absolute Gasteiger partial charge is 0.137 e. The second-order valence-electron chi connectivity index (χ2n) is 4.28. The van der Waals surface area contributed by atoms with Gasteiger partial charge in [-0.05, 0) is 42.3 Å². The van der Waals surface area contributed by atoms with Gasteiger partial charge in [-0.3, -0.25) is 0 Å². The van der Waals surface area contributed by atoms with Crippen molar-refractivity contribution < 1.29 is 4.74 Å². The van der Waals surface area contributed by atoms with E-state index in [0.717, 1.165) is 22.3 Å². The largest absolute Gasteiger partial charge is 0.495 e. The number of hydrogen-bond donors (Lipinski definition) is 1. The molecule has 0 saturated heterocycles. The molecule has 19 heavy (non-hydrogen) atoms. The average Bonchev–Trinajstić information content (AvgIpc) is 2.40. The second kappa shape index (κ2) is 6.31. The molecular formula is C15H15BrClNO. The number of nitrogens with one attached hydrogen (secondary N) is 1. The van der Waals surface area contributed by atoms with Crippen molar-refractivity contribution in [1.82, 2.24) is 0 Å². The Balaban J connectivity index is 2.10. The molecule has 4 heteroatoms.